The molecule has 2 aliphatic rings. The van der Waals surface area contributed by atoms with Gasteiger partial charge in [0, 0.05) is 24.5 Å². The Hall–Kier alpha value is -3.70. The Kier molecular flexibility index (Phi) is 9.15. The van der Waals surface area contributed by atoms with Crippen molar-refractivity contribution in [3.05, 3.63) is 58.5 Å². The number of fused-ring (bicyclic) bond motifs is 1. The van der Waals surface area contributed by atoms with E-state index in [-0.39, 0.29) is 29.2 Å². The summed E-state index contributed by atoms with van der Waals surface area (Å²) in [4.78, 5) is 22.5. The van der Waals surface area contributed by atoms with Gasteiger partial charge in [-0.3, -0.25) is 10.1 Å². The number of allylic oxidation sites excluding steroid dienone is 1. The van der Waals surface area contributed by atoms with E-state index in [9.17, 15) is 28.2 Å². The molecule has 0 spiro atoms. The van der Waals surface area contributed by atoms with Crippen LogP contribution in [-0.4, -0.2) is 66.0 Å². The monoisotopic (exact) mass is 645 g/mol. The molecule has 1 aromatic carbocycles. The van der Waals surface area contributed by atoms with Crippen molar-refractivity contribution in [2.24, 2.45) is 11.3 Å². The number of carbonyl (C=O) groups is 1. The quantitative estimate of drug-likeness (QED) is 0.184. The van der Waals surface area contributed by atoms with E-state index in [4.69, 9.17) is 22.4 Å². The van der Waals surface area contributed by atoms with Gasteiger partial charge in [-0.2, -0.15) is 18.3 Å². The van der Waals surface area contributed by atoms with Crippen molar-refractivity contribution < 1.29 is 28.2 Å². The zero-order valence-corrected chi connectivity index (χ0v) is 25.8. The number of nitrogens with zero attached hydrogens (tertiary/aromatic N) is 5. The number of aliphatic hydroxyl groups is 2. The molecule has 3 heterocycles. The highest BCUT2D eigenvalue weighted by molar-refractivity contribution is 6.31. The number of nitrogen functional groups attached to an aromatic ring is 1. The summed E-state index contributed by atoms with van der Waals surface area (Å²) in [5.74, 6) is 6.50. The third kappa shape index (κ3) is 6.79. The Morgan fingerprint density at radius 2 is 1.93 bits per heavy atom. The Bertz CT molecular complexity index is 1670. The smallest absolute Gasteiger partial charge is 0.384 e. The van der Waals surface area contributed by atoms with Gasteiger partial charge in [-0.05, 0) is 62.6 Å². The van der Waals surface area contributed by atoms with Gasteiger partial charge >= 0.3 is 6.18 Å². The lowest BCUT2D eigenvalue weighted by atomic mass is 9.70. The van der Waals surface area contributed by atoms with E-state index < -0.39 is 40.6 Å². The Morgan fingerprint density at radius 1 is 1.22 bits per heavy atom. The predicted molar refractivity (Wildman–Crippen MR) is 163 cm³/mol. The molecule has 0 bridgehead atoms. The van der Waals surface area contributed by atoms with Crippen molar-refractivity contribution in [2.45, 2.75) is 70.6 Å². The molecular formula is C31H35ClF3N7O3. The van der Waals surface area contributed by atoms with Crippen LogP contribution in [-0.2, 0) is 11.0 Å². The summed E-state index contributed by atoms with van der Waals surface area (Å²) < 4.78 is 41.9. The topological polar surface area (TPSA) is 142 Å². The molecule has 45 heavy (non-hydrogen) atoms. The SMILES string of the molecule is CC1C=CC(NC(O)c2ccc(Cl)c(C(F)(F)F)c2)CC1(C)C#Cc1nn(C2CCN(C(=O)[C@H](C)O)CC2)c2ncnc(N)c12. The van der Waals surface area contributed by atoms with E-state index in [1.165, 1.54) is 19.3 Å². The van der Waals surface area contributed by atoms with Gasteiger partial charge in [0.15, 0.2) is 5.65 Å². The van der Waals surface area contributed by atoms with Gasteiger partial charge in [-0.15, -0.1) is 0 Å². The van der Waals surface area contributed by atoms with E-state index in [1.54, 1.807) is 9.58 Å². The third-order valence-electron chi connectivity index (χ3n) is 8.73. The van der Waals surface area contributed by atoms with Crippen LogP contribution in [0.3, 0.4) is 0 Å². The van der Waals surface area contributed by atoms with E-state index in [0.29, 0.717) is 49.1 Å². The number of amides is 1. The number of carbonyl (C=O) groups excluding carboxylic acids is 1. The summed E-state index contributed by atoms with van der Waals surface area (Å²) in [6.07, 6.45) is -0.200. The molecule has 5 atom stereocenters. The zero-order valence-electron chi connectivity index (χ0n) is 25.0. The first-order valence-electron chi connectivity index (χ1n) is 14.7. The molecule has 1 aliphatic carbocycles. The fourth-order valence-electron chi connectivity index (χ4n) is 5.87. The fourth-order valence-corrected chi connectivity index (χ4v) is 6.09. The zero-order chi connectivity index (χ0) is 32.7. The first kappa shape index (κ1) is 32.7. The van der Waals surface area contributed by atoms with E-state index in [0.717, 1.165) is 12.1 Å². The summed E-state index contributed by atoms with van der Waals surface area (Å²) in [6.45, 7) is 6.38. The molecule has 0 radical (unpaired) electrons. The highest BCUT2D eigenvalue weighted by Crippen LogP contribution is 2.39. The molecule has 1 aliphatic heterocycles. The molecule has 1 fully saturated rings. The molecule has 240 valence electrons. The number of rotatable bonds is 5. The number of nitrogens with one attached hydrogen (secondary N) is 1. The van der Waals surface area contributed by atoms with Crippen molar-refractivity contribution in [3.63, 3.8) is 0 Å². The lowest BCUT2D eigenvalue weighted by Crippen LogP contribution is -2.43. The van der Waals surface area contributed by atoms with Crippen LogP contribution in [0.1, 0.15) is 69.1 Å². The highest BCUT2D eigenvalue weighted by atomic mass is 35.5. The third-order valence-corrected chi connectivity index (χ3v) is 9.06. The van der Waals surface area contributed by atoms with Crippen molar-refractivity contribution in [3.8, 4) is 11.8 Å². The molecule has 0 saturated carbocycles. The fraction of sp³-hybridized carbons (Fsp3) is 0.484. The number of hydrogen-bond donors (Lipinski definition) is 4. The van der Waals surface area contributed by atoms with E-state index in [1.807, 2.05) is 26.0 Å². The van der Waals surface area contributed by atoms with E-state index in [2.05, 4.69) is 27.1 Å². The van der Waals surface area contributed by atoms with Crippen molar-refractivity contribution in [2.75, 3.05) is 18.8 Å². The van der Waals surface area contributed by atoms with Crippen LogP contribution in [0.4, 0.5) is 19.0 Å². The molecule has 14 heteroatoms. The summed E-state index contributed by atoms with van der Waals surface area (Å²) in [5.41, 5.74) is 5.64. The van der Waals surface area contributed by atoms with Gasteiger partial charge in [0.2, 0.25) is 0 Å². The van der Waals surface area contributed by atoms with Gasteiger partial charge in [0.05, 0.1) is 22.0 Å². The second-order valence-electron chi connectivity index (χ2n) is 11.9. The predicted octanol–water partition coefficient (Wildman–Crippen LogP) is 4.23. The molecule has 2 aromatic heterocycles. The first-order chi connectivity index (χ1) is 21.2. The number of benzene rings is 1. The van der Waals surface area contributed by atoms with E-state index >= 15 is 0 Å². The normalized spacial score (nSPS) is 23.9. The number of alkyl halides is 3. The largest absolute Gasteiger partial charge is 0.417 e. The maximum atomic E-state index is 13.4. The lowest BCUT2D eigenvalue weighted by Gasteiger charge is -2.37. The Morgan fingerprint density at radius 3 is 2.60 bits per heavy atom. The van der Waals surface area contributed by atoms with Crippen LogP contribution in [0.2, 0.25) is 5.02 Å². The van der Waals surface area contributed by atoms with Crippen LogP contribution in [0.5, 0.6) is 0 Å². The lowest BCUT2D eigenvalue weighted by molar-refractivity contribution is -0.140. The molecule has 1 amide bonds. The molecule has 5 rings (SSSR count). The van der Waals surface area contributed by atoms with Gasteiger partial charge < -0.3 is 20.8 Å². The van der Waals surface area contributed by atoms with Crippen molar-refractivity contribution in [1.82, 2.24) is 30.0 Å². The summed E-state index contributed by atoms with van der Waals surface area (Å²) >= 11 is 5.74. The minimum absolute atomic E-state index is 0.00489. The maximum absolute atomic E-state index is 13.4. The number of nitrogens with two attached hydrogens (primary N) is 1. The van der Waals surface area contributed by atoms with Crippen LogP contribution in [0.15, 0.2) is 36.7 Å². The van der Waals surface area contributed by atoms with Crippen LogP contribution < -0.4 is 11.1 Å². The first-order valence-corrected chi connectivity index (χ1v) is 15.0. The second kappa shape index (κ2) is 12.6. The number of anilines is 1. The summed E-state index contributed by atoms with van der Waals surface area (Å²) in [5, 5.41) is 28.3. The van der Waals surface area contributed by atoms with Crippen LogP contribution in [0, 0.1) is 23.2 Å². The molecule has 3 aromatic rings. The highest BCUT2D eigenvalue weighted by Gasteiger charge is 2.36. The average molecular weight is 646 g/mol. The Balaban J connectivity index is 1.37. The minimum atomic E-state index is -4.65. The van der Waals surface area contributed by atoms with Crippen molar-refractivity contribution in [1.29, 1.82) is 0 Å². The number of piperidine rings is 1. The number of hydrogen-bond acceptors (Lipinski definition) is 8. The van der Waals surface area contributed by atoms with Gasteiger partial charge in [0.1, 0.15) is 30.2 Å². The number of likely N-dealkylation sites (tertiary alicyclic amines) is 1. The standard InChI is InChI=1S/C31H35ClF3N7O3/c1-17-4-6-20(39-28(44)19-5-7-23(32)22(14-19)31(33,34)35)15-30(17,3)11-8-24-25-26(36)37-16-38-27(25)42(40-24)21-9-12-41(13-10-21)29(45)18(2)43/h4-7,14,16-18,20-21,28,39,43-44H,9-10,12-13,15H2,1-3H3,(H2,36,37,38)/t17?,18-,20?,28?,30?/m0/s1. The van der Waals surface area contributed by atoms with Gasteiger partial charge in [-0.25, -0.2) is 14.6 Å². The molecular weight excluding hydrogens is 611 g/mol. The number of aromatic nitrogens is 4. The van der Waals surface area contributed by atoms with Gasteiger partial charge in [0.25, 0.3) is 5.91 Å². The second-order valence-corrected chi connectivity index (χ2v) is 12.3. The van der Waals surface area contributed by atoms with Crippen molar-refractivity contribution >= 4 is 34.4 Å². The molecule has 5 N–H and O–H groups in total. The molecule has 10 nitrogen and oxygen atoms in total. The summed E-state index contributed by atoms with van der Waals surface area (Å²) in [6, 6.07) is 2.86. The summed E-state index contributed by atoms with van der Waals surface area (Å²) in [7, 11) is 0. The molecule has 1 saturated heterocycles. The molecule has 4 unspecified atom stereocenters. The average Bonchev–Trinajstić information content (AvgIpc) is 3.37. The van der Waals surface area contributed by atoms with Crippen LogP contribution >= 0.6 is 11.6 Å². The van der Waals surface area contributed by atoms with Gasteiger partial charge in [-0.1, -0.05) is 42.7 Å². The maximum Gasteiger partial charge on any atom is 0.417 e. The minimum Gasteiger partial charge on any atom is -0.384 e. The number of aliphatic hydroxyl groups excluding tert-OH is 2. The Labute approximate surface area is 263 Å². The van der Waals surface area contributed by atoms with Crippen LogP contribution in [0.25, 0.3) is 11.0 Å². The number of halogens is 4.